The lowest BCUT2D eigenvalue weighted by Gasteiger charge is -2.10. The highest BCUT2D eigenvalue weighted by Gasteiger charge is 2.16. The molecule has 0 fully saturated rings. The van der Waals surface area contributed by atoms with Crippen molar-refractivity contribution in [2.45, 2.75) is 13.0 Å². The third-order valence-corrected chi connectivity index (χ3v) is 4.44. The minimum atomic E-state index is -0.994. The molecule has 0 aliphatic rings. The number of aryl methyl sites for hydroxylation is 1. The third-order valence-electron chi connectivity index (χ3n) is 3.91. The number of nitrogens with zero attached hydrogens (tertiary/aromatic N) is 3. The van der Waals surface area contributed by atoms with E-state index in [4.69, 9.17) is 33.0 Å². The van der Waals surface area contributed by atoms with Gasteiger partial charge in [-0.1, -0.05) is 23.2 Å². The number of nitro benzene ring substituents is 1. The molecule has 0 saturated carbocycles. The molecule has 0 bridgehead atoms. The van der Waals surface area contributed by atoms with Gasteiger partial charge in [0.15, 0.2) is 5.69 Å². The van der Waals surface area contributed by atoms with Gasteiger partial charge in [-0.2, -0.15) is 5.10 Å². The molecule has 2 aromatic carbocycles. The Morgan fingerprint density at radius 2 is 1.97 bits per heavy atom. The zero-order valence-electron chi connectivity index (χ0n) is 15.6. The van der Waals surface area contributed by atoms with Crippen LogP contribution in [0.5, 0.6) is 11.5 Å². The molecule has 3 rings (SSSR count). The number of hydrogen-bond acceptors (Lipinski definition) is 6. The van der Waals surface area contributed by atoms with Gasteiger partial charge in [-0.3, -0.25) is 24.4 Å². The first-order valence-electron chi connectivity index (χ1n) is 8.70. The van der Waals surface area contributed by atoms with Crippen molar-refractivity contribution in [1.82, 2.24) is 9.78 Å². The number of non-ortho nitro benzene ring substituents is 1. The number of amides is 1. The Morgan fingerprint density at radius 1 is 1.19 bits per heavy atom. The van der Waals surface area contributed by atoms with Gasteiger partial charge in [0.2, 0.25) is 0 Å². The maximum absolute atomic E-state index is 12.5. The number of anilines is 1. The minimum Gasteiger partial charge on any atom is -0.481 e. The van der Waals surface area contributed by atoms with Crippen LogP contribution in [0.4, 0.5) is 11.4 Å². The first-order chi connectivity index (χ1) is 14.7. The van der Waals surface area contributed by atoms with Crippen molar-refractivity contribution in [1.29, 1.82) is 0 Å². The number of carbonyl (C=O) groups is 2. The first-order valence-corrected chi connectivity index (χ1v) is 9.46. The summed E-state index contributed by atoms with van der Waals surface area (Å²) in [7, 11) is 0. The molecule has 1 amide bonds. The summed E-state index contributed by atoms with van der Waals surface area (Å²) < 4.78 is 6.93. The maximum Gasteiger partial charge on any atom is 0.305 e. The second kappa shape index (κ2) is 9.45. The van der Waals surface area contributed by atoms with Gasteiger partial charge in [-0.05, 0) is 24.3 Å². The Morgan fingerprint density at radius 3 is 2.65 bits per heavy atom. The Labute approximate surface area is 185 Å². The molecule has 0 radical (unpaired) electrons. The Bertz CT molecular complexity index is 1160. The highest BCUT2D eigenvalue weighted by atomic mass is 35.5. The lowest BCUT2D eigenvalue weighted by atomic mass is 10.2. The van der Waals surface area contributed by atoms with E-state index in [1.807, 2.05) is 0 Å². The van der Waals surface area contributed by atoms with E-state index in [9.17, 15) is 19.7 Å². The summed E-state index contributed by atoms with van der Waals surface area (Å²) in [5.74, 6) is -1.34. The molecule has 0 spiro atoms. The van der Waals surface area contributed by atoms with Crippen molar-refractivity contribution >= 4 is 46.5 Å². The summed E-state index contributed by atoms with van der Waals surface area (Å²) in [6.07, 6.45) is 1.31. The average molecular weight is 465 g/mol. The molecule has 0 unspecified atom stereocenters. The molecule has 160 valence electrons. The number of rotatable bonds is 8. The smallest absolute Gasteiger partial charge is 0.305 e. The molecule has 1 aromatic heterocycles. The summed E-state index contributed by atoms with van der Waals surface area (Å²) in [6.45, 7) is 0.0965. The Kier molecular flexibility index (Phi) is 6.73. The van der Waals surface area contributed by atoms with Crippen LogP contribution in [0.15, 0.2) is 48.7 Å². The van der Waals surface area contributed by atoms with E-state index in [0.29, 0.717) is 5.02 Å². The van der Waals surface area contributed by atoms with Crippen molar-refractivity contribution in [3.05, 3.63) is 74.5 Å². The number of aromatic nitrogens is 2. The van der Waals surface area contributed by atoms with Crippen molar-refractivity contribution in [2.75, 3.05) is 5.32 Å². The van der Waals surface area contributed by atoms with Crippen LogP contribution in [-0.2, 0) is 11.3 Å². The molecule has 0 saturated heterocycles. The Hall–Kier alpha value is -3.63. The number of ether oxygens (including phenoxy) is 1. The summed E-state index contributed by atoms with van der Waals surface area (Å²) >= 11 is 11.9. The summed E-state index contributed by atoms with van der Waals surface area (Å²) in [4.78, 5) is 33.8. The molecule has 0 atom stereocenters. The fourth-order valence-corrected chi connectivity index (χ4v) is 2.96. The molecule has 3 aromatic rings. The molecular formula is C19H14Cl2N4O6. The van der Waals surface area contributed by atoms with E-state index in [2.05, 4.69) is 10.4 Å². The van der Waals surface area contributed by atoms with Gasteiger partial charge in [0.1, 0.15) is 11.5 Å². The molecule has 0 aliphatic carbocycles. The van der Waals surface area contributed by atoms with Crippen LogP contribution in [0.2, 0.25) is 10.0 Å². The number of hydrogen-bond donors (Lipinski definition) is 2. The molecule has 10 nitrogen and oxygen atoms in total. The highest BCUT2D eigenvalue weighted by molar-refractivity contribution is 6.35. The molecule has 31 heavy (non-hydrogen) atoms. The summed E-state index contributed by atoms with van der Waals surface area (Å²) in [6, 6.07) is 9.64. The van der Waals surface area contributed by atoms with Crippen LogP contribution in [0.3, 0.4) is 0 Å². The van der Waals surface area contributed by atoms with Gasteiger partial charge < -0.3 is 15.2 Å². The summed E-state index contributed by atoms with van der Waals surface area (Å²) in [5.41, 5.74) is -0.204. The fourth-order valence-electron chi connectivity index (χ4n) is 2.52. The van der Waals surface area contributed by atoms with Crippen molar-refractivity contribution < 1.29 is 24.4 Å². The van der Waals surface area contributed by atoms with Crippen molar-refractivity contribution in [2.24, 2.45) is 0 Å². The van der Waals surface area contributed by atoms with Crippen LogP contribution in [0, 0.1) is 10.1 Å². The van der Waals surface area contributed by atoms with Gasteiger partial charge in [-0.25, -0.2) is 0 Å². The van der Waals surface area contributed by atoms with Crippen LogP contribution in [0.1, 0.15) is 16.9 Å². The van der Waals surface area contributed by atoms with Crippen molar-refractivity contribution in [3.63, 3.8) is 0 Å². The van der Waals surface area contributed by atoms with Crippen molar-refractivity contribution in [3.8, 4) is 11.5 Å². The van der Waals surface area contributed by atoms with E-state index in [0.717, 1.165) is 6.07 Å². The lowest BCUT2D eigenvalue weighted by molar-refractivity contribution is -0.384. The van der Waals surface area contributed by atoms with E-state index < -0.39 is 16.8 Å². The van der Waals surface area contributed by atoms with Gasteiger partial charge in [0, 0.05) is 23.4 Å². The van der Waals surface area contributed by atoms with E-state index in [1.54, 1.807) is 6.07 Å². The van der Waals surface area contributed by atoms with Gasteiger partial charge in [-0.15, -0.1) is 0 Å². The van der Waals surface area contributed by atoms with E-state index in [-0.39, 0.29) is 46.6 Å². The van der Waals surface area contributed by atoms with Crippen LogP contribution >= 0.6 is 23.2 Å². The third kappa shape index (κ3) is 5.93. The zero-order valence-corrected chi connectivity index (χ0v) is 17.1. The standard InChI is InChI=1S/C19H14Cl2N4O6/c20-11-1-2-17(15(21)7-11)31-14-9-12(8-13(10-14)25(29)30)22-19(28)16-3-5-24(23-16)6-4-18(26)27/h1-3,5,7-10H,4,6H2,(H,22,28)(H,26,27). The summed E-state index contributed by atoms with van der Waals surface area (Å²) in [5, 5.41) is 27.1. The van der Waals surface area contributed by atoms with E-state index >= 15 is 0 Å². The predicted octanol–water partition coefficient (Wildman–Crippen LogP) is 4.62. The number of benzene rings is 2. The topological polar surface area (TPSA) is 137 Å². The molecule has 0 aliphatic heterocycles. The van der Waals surface area contributed by atoms with Gasteiger partial charge in [0.05, 0.1) is 34.7 Å². The van der Waals surface area contributed by atoms with E-state index in [1.165, 1.54) is 41.2 Å². The van der Waals surface area contributed by atoms with Gasteiger partial charge in [0.25, 0.3) is 11.6 Å². The SMILES string of the molecule is O=C(O)CCn1ccc(C(=O)Nc2cc(Oc3ccc(Cl)cc3Cl)cc([N+](=O)[O-])c2)n1. The van der Waals surface area contributed by atoms with Crippen LogP contribution in [0.25, 0.3) is 0 Å². The first kappa shape index (κ1) is 22.1. The number of nitro groups is 1. The molecular weight excluding hydrogens is 451 g/mol. The molecule has 2 N–H and O–H groups in total. The van der Waals surface area contributed by atoms with Crippen LogP contribution in [-0.4, -0.2) is 31.7 Å². The second-order valence-electron chi connectivity index (χ2n) is 6.21. The quantitative estimate of drug-likeness (QED) is 0.366. The molecule has 12 heteroatoms. The number of nitrogens with one attached hydrogen (secondary N) is 1. The second-order valence-corrected chi connectivity index (χ2v) is 7.06. The van der Waals surface area contributed by atoms with Crippen LogP contribution < -0.4 is 10.1 Å². The molecule has 1 heterocycles. The largest absolute Gasteiger partial charge is 0.481 e. The monoisotopic (exact) mass is 464 g/mol. The zero-order chi connectivity index (χ0) is 22.5. The maximum atomic E-state index is 12.5. The fraction of sp³-hybridized carbons (Fsp3) is 0.105. The predicted molar refractivity (Wildman–Crippen MR) is 112 cm³/mol. The average Bonchev–Trinajstić information content (AvgIpc) is 3.17. The lowest BCUT2D eigenvalue weighted by Crippen LogP contribution is -2.14. The Balaban J connectivity index is 1.81. The number of halogens is 2. The minimum absolute atomic E-state index is 0.0140. The highest BCUT2D eigenvalue weighted by Crippen LogP contribution is 2.34. The van der Waals surface area contributed by atoms with Gasteiger partial charge >= 0.3 is 5.97 Å². The normalized spacial score (nSPS) is 10.5. The number of carbonyl (C=O) groups excluding carboxylic acids is 1. The number of carboxylic acid groups (broad SMARTS) is 1. The number of aliphatic carboxylic acids is 1. The number of carboxylic acids is 1.